The minimum Gasteiger partial charge on any atom is -0.315 e. The first kappa shape index (κ1) is 12.8. The zero-order valence-electron chi connectivity index (χ0n) is 9.43. The fourth-order valence-corrected chi connectivity index (χ4v) is 2.38. The summed E-state index contributed by atoms with van der Waals surface area (Å²) in [6.07, 6.45) is -2.97. The maximum Gasteiger partial charge on any atom is 0.391 e. The summed E-state index contributed by atoms with van der Waals surface area (Å²) >= 11 is 0. The molecule has 15 heavy (non-hydrogen) atoms. The first-order chi connectivity index (χ1) is 6.86. The van der Waals surface area contributed by atoms with Crippen LogP contribution in [0.25, 0.3) is 0 Å². The monoisotopic (exact) mass is 224 g/mol. The van der Waals surface area contributed by atoms with E-state index in [0.29, 0.717) is 6.42 Å². The molecule has 1 saturated carbocycles. The van der Waals surface area contributed by atoms with Crippen molar-refractivity contribution in [2.75, 3.05) is 21.1 Å². The maximum atomic E-state index is 12.5. The van der Waals surface area contributed by atoms with Crippen LogP contribution >= 0.6 is 0 Å². The van der Waals surface area contributed by atoms with Crippen LogP contribution in [0.15, 0.2) is 0 Å². The lowest BCUT2D eigenvalue weighted by molar-refractivity contribution is -0.186. The van der Waals surface area contributed by atoms with Crippen molar-refractivity contribution in [3.8, 4) is 0 Å². The molecule has 0 aromatic rings. The van der Waals surface area contributed by atoms with Gasteiger partial charge in [0.25, 0.3) is 0 Å². The zero-order valence-corrected chi connectivity index (χ0v) is 9.43. The lowest BCUT2D eigenvalue weighted by Crippen LogP contribution is -2.51. The van der Waals surface area contributed by atoms with Gasteiger partial charge in [0.1, 0.15) is 0 Å². The largest absolute Gasteiger partial charge is 0.391 e. The molecule has 0 spiro atoms. The molecule has 0 unspecified atom stereocenters. The summed E-state index contributed by atoms with van der Waals surface area (Å²) in [6, 6.07) is 0.161. The Bertz CT molecular complexity index is 203. The highest BCUT2D eigenvalue weighted by Gasteiger charge is 2.44. The van der Waals surface area contributed by atoms with Gasteiger partial charge in [-0.25, -0.2) is 0 Å². The minimum atomic E-state index is -4.04. The Morgan fingerprint density at radius 2 is 1.80 bits per heavy atom. The highest BCUT2D eigenvalue weighted by molar-refractivity contribution is 4.90. The van der Waals surface area contributed by atoms with Crippen LogP contribution in [0.5, 0.6) is 0 Å². The molecular weight excluding hydrogens is 205 g/mol. The van der Waals surface area contributed by atoms with Gasteiger partial charge in [-0.1, -0.05) is 0 Å². The first-order valence-electron chi connectivity index (χ1n) is 5.26. The van der Waals surface area contributed by atoms with Crippen molar-refractivity contribution in [2.45, 2.75) is 37.5 Å². The Balaban J connectivity index is 2.63. The van der Waals surface area contributed by atoms with Gasteiger partial charge < -0.3 is 10.2 Å². The van der Waals surface area contributed by atoms with E-state index in [-0.39, 0.29) is 24.9 Å². The van der Waals surface area contributed by atoms with Crippen molar-refractivity contribution in [3.05, 3.63) is 0 Å². The summed E-state index contributed by atoms with van der Waals surface area (Å²) in [6.45, 7) is 0. The second kappa shape index (κ2) is 4.70. The molecule has 0 aliphatic heterocycles. The number of likely N-dealkylation sites (N-methyl/N-ethyl adjacent to an activating group) is 2. The van der Waals surface area contributed by atoms with E-state index < -0.39 is 12.1 Å². The summed E-state index contributed by atoms with van der Waals surface area (Å²) in [7, 11) is 5.58. The molecule has 0 aromatic carbocycles. The molecule has 0 radical (unpaired) electrons. The number of alkyl halides is 3. The minimum absolute atomic E-state index is 0.0552. The van der Waals surface area contributed by atoms with Gasteiger partial charge in [0.15, 0.2) is 0 Å². The van der Waals surface area contributed by atoms with Gasteiger partial charge >= 0.3 is 6.18 Å². The van der Waals surface area contributed by atoms with E-state index >= 15 is 0 Å². The summed E-state index contributed by atoms with van der Waals surface area (Å²) < 4.78 is 37.6. The second-order valence-electron chi connectivity index (χ2n) is 4.48. The summed E-state index contributed by atoms with van der Waals surface area (Å²) in [5, 5.41) is 3.00. The molecule has 0 saturated heterocycles. The van der Waals surface area contributed by atoms with Gasteiger partial charge in [0.2, 0.25) is 0 Å². The zero-order chi connectivity index (χ0) is 11.6. The number of rotatable bonds is 2. The quantitative estimate of drug-likeness (QED) is 0.770. The van der Waals surface area contributed by atoms with Crippen molar-refractivity contribution >= 4 is 0 Å². The van der Waals surface area contributed by atoms with Crippen LogP contribution in [-0.2, 0) is 0 Å². The van der Waals surface area contributed by atoms with Crippen LogP contribution in [0.3, 0.4) is 0 Å². The summed E-state index contributed by atoms with van der Waals surface area (Å²) in [5.74, 6) is -1.13. The number of hydrogen-bond acceptors (Lipinski definition) is 2. The molecule has 1 aliphatic rings. The van der Waals surface area contributed by atoms with Gasteiger partial charge in [-0.3, -0.25) is 0 Å². The average Bonchev–Trinajstić information content (AvgIpc) is 2.15. The standard InChI is InChI=1S/C10H19F3N2/c1-14-8-6-7(10(11,12)13)4-5-9(8)15(2)3/h7-9,14H,4-6H2,1-3H3/t7-,8-,9-/m1/s1. The molecule has 0 amide bonds. The molecule has 1 fully saturated rings. The SMILES string of the molecule is CN[C@@H]1C[C@H](C(F)(F)F)CC[C@H]1N(C)C. The van der Waals surface area contributed by atoms with Crippen molar-refractivity contribution in [1.82, 2.24) is 10.2 Å². The highest BCUT2D eigenvalue weighted by atomic mass is 19.4. The predicted octanol–water partition coefficient (Wildman–Crippen LogP) is 1.87. The molecule has 0 aromatic heterocycles. The average molecular weight is 224 g/mol. The normalized spacial score (nSPS) is 33.4. The van der Waals surface area contributed by atoms with Crippen LogP contribution in [0, 0.1) is 5.92 Å². The van der Waals surface area contributed by atoms with Crippen LogP contribution in [0.4, 0.5) is 13.2 Å². The van der Waals surface area contributed by atoms with Gasteiger partial charge in [0, 0.05) is 12.1 Å². The smallest absolute Gasteiger partial charge is 0.315 e. The van der Waals surface area contributed by atoms with Crippen molar-refractivity contribution in [1.29, 1.82) is 0 Å². The Labute approximate surface area is 88.8 Å². The molecule has 0 bridgehead atoms. The van der Waals surface area contributed by atoms with E-state index in [9.17, 15) is 13.2 Å². The van der Waals surface area contributed by atoms with Gasteiger partial charge in [-0.15, -0.1) is 0 Å². The van der Waals surface area contributed by atoms with Crippen molar-refractivity contribution in [2.24, 2.45) is 5.92 Å². The van der Waals surface area contributed by atoms with Gasteiger partial charge in [-0.05, 0) is 40.4 Å². The van der Waals surface area contributed by atoms with Crippen molar-refractivity contribution < 1.29 is 13.2 Å². The van der Waals surface area contributed by atoms with Crippen LogP contribution in [0.2, 0.25) is 0 Å². The Kier molecular flexibility index (Phi) is 4.00. The van der Waals surface area contributed by atoms with E-state index in [0.717, 1.165) is 0 Å². The molecule has 0 heterocycles. The molecule has 3 atom stereocenters. The van der Waals surface area contributed by atoms with E-state index in [1.54, 1.807) is 7.05 Å². The number of halogens is 3. The van der Waals surface area contributed by atoms with E-state index in [2.05, 4.69) is 5.32 Å². The Morgan fingerprint density at radius 1 is 1.20 bits per heavy atom. The molecule has 5 heteroatoms. The lowest BCUT2D eigenvalue weighted by atomic mass is 9.81. The van der Waals surface area contributed by atoms with Crippen LogP contribution in [-0.4, -0.2) is 44.3 Å². The third-order valence-electron chi connectivity index (χ3n) is 3.31. The third-order valence-corrected chi connectivity index (χ3v) is 3.31. The predicted molar refractivity (Wildman–Crippen MR) is 53.7 cm³/mol. The Hall–Kier alpha value is -0.290. The molecule has 1 rings (SSSR count). The number of nitrogens with zero attached hydrogens (tertiary/aromatic N) is 1. The van der Waals surface area contributed by atoms with Crippen LogP contribution < -0.4 is 5.32 Å². The first-order valence-corrected chi connectivity index (χ1v) is 5.26. The maximum absolute atomic E-state index is 12.5. The van der Waals surface area contributed by atoms with Gasteiger partial charge in [-0.2, -0.15) is 13.2 Å². The van der Waals surface area contributed by atoms with Crippen LogP contribution in [0.1, 0.15) is 19.3 Å². The van der Waals surface area contributed by atoms with E-state index in [4.69, 9.17) is 0 Å². The second-order valence-corrected chi connectivity index (χ2v) is 4.48. The molecule has 1 aliphatic carbocycles. The highest BCUT2D eigenvalue weighted by Crippen LogP contribution is 2.38. The molecule has 1 N–H and O–H groups in total. The molecule has 90 valence electrons. The molecular formula is C10H19F3N2. The molecule has 2 nitrogen and oxygen atoms in total. The number of nitrogens with one attached hydrogen (secondary N) is 1. The summed E-state index contributed by atoms with van der Waals surface area (Å²) in [5.41, 5.74) is 0. The van der Waals surface area contributed by atoms with E-state index in [1.807, 2.05) is 19.0 Å². The fourth-order valence-electron chi connectivity index (χ4n) is 2.38. The third kappa shape index (κ3) is 3.08. The van der Waals surface area contributed by atoms with Crippen molar-refractivity contribution in [3.63, 3.8) is 0 Å². The fraction of sp³-hybridized carbons (Fsp3) is 1.00. The topological polar surface area (TPSA) is 15.3 Å². The van der Waals surface area contributed by atoms with E-state index in [1.165, 1.54) is 0 Å². The number of hydrogen-bond donors (Lipinski definition) is 1. The Morgan fingerprint density at radius 3 is 2.20 bits per heavy atom. The van der Waals surface area contributed by atoms with Gasteiger partial charge in [0.05, 0.1) is 5.92 Å². The lowest BCUT2D eigenvalue weighted by Gasteiger charge is -2.40. The summed E-state index contributed by atoms with van der Waals surface area (Å²) in [4.78, 5) is 2.01.